The molecular weight excluding hydrogens is 240 g/mol. The van der Waals surface area contributed by atoms with Gasteiger partial charge in [-0.25, -0.2) is 4.79 Å². The van der Waals surface area contributed by atoms with Gasteiger partial charge in [0, 0.05) is 4.90 Å². The quantitative estimate of drug-likeness (QED) is 0.386. The standard InChI is InChI=1S/C12H14O4S/c1-4-16-12(15)11(14)9-8(17-3)6-5-7(2)10(9)13/h5-6,13H,4H2,1-3H3. The maximum Gasteiger partial charge on any atom is 0.379 e. The normalized spacial score (nSPS) is 10.1. The molecule has 0 aliphatic carbocycles. The van der Waals surface area contributed by atoms with E-state index in [0.29, 0.717) is 10.5 Å². The first kappa shape index (κ1) is 13.6. The number of ketones is 1. The average Bonchev–Trinajstić information content (AvgIpc) is 2.32. The molecule has 1 aromatic rings. The number of hydrogen-bond donors (Lipinski definition) is 1. The van der Waals surface area contributed by atoms with Gasteiger partial charge in [-0.05, 0) is 31.7 Å². The van der Waals surface area contributed by atoms with E-state index in [1.807, 2.05) is 0 Å². The summed E-state index contributed by atoms with van der Waals surface area (Å²) in [6.45, 7) is 3.42. The van der Waals surface area contributed by atoms with E-state index in [1.54, 1.807) is 32.2 Å². The van der Waals surface area contributed by atoms with Crippen molar-refractivity contribution in [1.29, 1.82) is 0 Å². The van der Waals surface area contributed by atoms with Crippen molar-refractivity contribution in [2.45, 2.75) is 18.7 Å². The summed E-state index contributed by atoms with van der Waals surface area (Å²) in [5.74, 6) is -1.91. The number of thioether (sulfide) groups is 1. The molecule has 1 aromatic carbocycles. The molecule has 0 radical (unpaired) electrons. The molecule has 0 saturated heterocycles. The molecule has 17 heavy (non-hydrogen) atoms. The number of carbonyl (C=O) groups is 2. The van der Waals surface area contributed by atoms with Gasteiger partial charge in [-0.1, -0.05) is 6.07 Å². The zero-order valence-corrected chi connectivity index (χ0v) is 10.8. The van der Waals surface area contributed by atoms with E-state index < -0.39 is 11.8 Å². The van der Waals surface area contributed by atoms with Crippen molar-refractivity contribution in [2.75, 3.05) is 12.9 Å². The zero-order valence-electron chi connectivity index (χ0n) is 9.94. The number of benzene rings is 1. The fourth-order valence-corrected chi connectivity index (χ4v) is 1.96. The van der Waals surface area contributed by atoms with E-state index in [0.717, 1.165) is 0 Å². The number of ether oxygens (including phenoxy) is 1. The molecule has 1 rings (SSSR count). The van der Waals surface area contributed by atoms with E-state index in [2.05, 4.69) is 4.74 Å². The Morgan fingerprint density at radius 3 is 2.59 bits per heavy atom. The lowest BCUT2D eigenvalue weighted by atomic mass is 10.1. The molecule has 0 heterocycles. The molecule has 0 bridgehead atoms. The fourth-order valence-electron chi connectivity index (χ4n) is 1.37. The Kier molecular flexibility index (Phi) is 4.57. The highest BCUT2D eigenvalue weighted by Gasteiger charge is 2.25. The lowest BCUT2D eigenvalue weighted by Crippen LogP contribution is -2.18. The number of rotatable bonds is 4. The third kappa shape index (κ3) is 2.79. The van der Waals surface area contributed by atoms with Crippen molar-refractivity contribution in [1.82, 2.24) is 0 Å². The van der Waals surface area contributed by atoms with Crippen LogP contribution in [-0.2, 0) is 9.53 Å². The average molecular weight is 254 g/mol. The minimum atomic E-state index is -0.941. The van der Waals surface area contributed by atoms with Crippen LogP contribution >= 0.6 is 11.8 Å². The van der Waals surface area contributed by atoms with Crippen LogP contribution < -0.4 is 0 Å². The second-order valence-electron chi connectivity index (χ2n) is 3.36. The van der Waals surface area contributed by atoms with Crippen molar-refractivity contribution in [3.05, 3.63) is 23.3 Å². The maximum absolute atomic E-state index is 11.8. The van der Waals surface area contributed by atoms with Gasteiger partial charge < -0.3 is 9.84 Å². The summed E-state index contributed by atoms with van der Waals surface area (Å²) in [6, 6.07) is 3.40. The first-order valence-corrected chi connectivity index (χ1v) is 6.33. The Bertz CT molecular complexity index is 454. The largest absolute Gasteiger partial charge is 0.507 e. The Hall–Kier alpha value is -1.49. The number of phenolic OH excluding ortho intramolecular Hbond substituents is 1. The third-order valence-corrected chi connectivity index (χ3v) is 3.03. The molecule has 4 nitrogen and oxygen atoms in total. The van der Waals surface area contributed by atoms with Crippen LogP contribution in [0.15, 0.2) is 17.0 Å². The molecule has 0 aliphatic heterocycles. The molecule has 0 aromatic heterocycles. The van der Waals surface area contributed by atoms with Crippen LogP contribution in [0.4, 0.5) is 0 Å². The van der Waals surface area contributed by atoms with Crippen LogP contribution in [0.2, 0.25) is 0 Å². The molecular formula is C12H14O4S. The number of esters is 1. The molecule has 0 amide bonds. The Labute approximate surface area is 104 Å². The van der Waals surface area contributed by atoms with Crippen LogP contribution in [0.3, 0.4) is 0 Å². The van der Waals surface area contributed by atoms with E-state index in [1.165, 1.54) is 11.8 Å². The highest BCUT2D eigenvalue weighted by Crippen LogP contribution is 2.31. The van der Waals surface area contributed by atoms with Crippen LogP contribution in [0, 0.1) is 6.92 Å². The van der Waals surface area contributed by atoms with Crippen molar-refractivity contribution in [2.24, 2.45) is 0 Å². The maximum atomic E-state index is 11.8. The molecule has 5 heteroatoms. The van der Waals surface area contributed by atoms with E-state index >= 15 is 0 Å². The number of Topliss-reactive ketones (excluding diaryl/α,β-unsaturated/α-hetero) is 1. The highest BCUT2D eigenvalue weighted by atomic mass is 32.2. The summed E-state index contributed by atoms with van der Waals surface area (Å²) >= 11 is 1.29. The third-order valence-electron chi connectivity index (χ3n) is 2.25. The van der Waals surface area contributed by atoms with Crippen LogP contribution in [0.5, 0.6) is 5.75 Å². The molecule has 0 fully saturated rings. The van der Waals surface area contributed by atoms with Gasteiger partial charge in [-0.2, -0.15) is 0 Å². The summed E-state index contributed by atoms with van der Waals surface area (Å²) in [4.78, 5) is 23.8. The predicted molar refractivity (Wildman–Crippen MR) is 65.6 cm³/mol. The van der Waals surface area contributed by atoms with E-state index in [-0.39, 0.29) is 17.9 Å². The van der Waals surface area contributed by atoms with Gasteiger partial charge in [0.15, 0.2) is 0 Å². The molecule has 0 aliphatic rings. The Morgan fingerprint density at radius 1 is 1.41 bits per heavy atom. The summed E-state index contributed by atoms with van der Waals surface area (Å²) in [5.41, 5.74) is 0.575. The van der Waals surface area contributed by atoms with Crippen molar-refractivity contribution in [3.63, 3.8) is 0 Å². The van der Waals surface area contributed by atoms with Gasteiger partial charge in [-0.15, -0.1) is 11.8 Å². The van der Waals surface area contributed by atoms with E-state index in [9.17, 15) is 14.7 Å². The topological polar surface area (TPSA) is 63.6 Å². The second-order valence-corrected chi connectivity index (χ2v) is 4.21. The molecule has 0 saturated carbocycles. The fraction of sp³-hybridized carbons (Fsp3) is 0.333. The van der Waals surface area contributed by atoms with Crippen molar-refractivity contribution in [3.8, 4) is 5.75 Å². The monoisotopic (exact) mass is 254 g/mol. The molecule has 0 atom stereocenters. The molecule has 92 valence electrons. The molecule has 1 N–H and O–H groups in total. The van der Waals surface area contributed by atoms with Crippen molar-refractivity contribution < 1.29 is 19.4 Å². The lowest BCUT2D eigenvalue weighted by Gasteiger charge is -2.10. The van der Waals surface area contributed by atoms with Crippen molar-refractivity contribution >= 4 is 23.5 Å². The number of aromatic hydroxyl groups is 1. The summed E-state index contributed by atoms with van der Waals surface area (Å²) in [6.07, 6.45) is 1.77. The summed E-state index contributed by atoms with van der Waals surface area (Å²) in [7, 11) is 0. The van der Waals surface area contributed by atoms with Crippen LogP contribution in [-0.4, -0.2) is 29.7 Å². The lowest BCUT2D eigenvalue weighted by molar-refractivity contribution is -0.137. The minimum Gasteiger partial charge on any atom is -0.507 e. The zero-order chi connectivity index (χ0) is 13.0. The summed E-state index contributed by atoms with van der Waals surface area (Å²) < 4.78 is 4.64. The Balaban J connectivity index is 3.24. The number of hydrogen-bond acceptors (Lipinski definition) is 5. The van der Waals surface area contributed by atoms with Gasteiger partial charge >= 0.3 is 5.97 Å². The Morgan fingerprint density at radius 2 is 2.06 bits per heavy atom. The SMILES string of the molecule is CCOC(=O)C(=O)c1c(SC)ccc(C)c1O. The number of aryl methyl sites for hydroxylation is 1. The molecule has 0 unspecified atom stereocenters. The number of carbonyl (C=O) groups excluding carboxylic acids is 2. The predicted octanol–water partition coefficient (Wildman–Crippen LogP) is 2.17. The minimum absolute atomic E-state index is 0.0240. The first-order valence-electron chi connectivity index (χ1n) is 5.10. The van der Waals surface area contributed by atoms with Gasteiger partial charge in [-0.3, -0.25) is 4.79 Å². The second kappa shape index (κ2) is 5.72. The van der Waals surface area contributed by atoms with Gasteiger partial charge in [0.2, 0.25) is 0 Å². The first-order chi connectivity index (χ1) is 8.02. The van der Waals surface area contributed by atoms with Gasteiger partial charge in [0.05, 0.1) is 12.2 Å². The summed E-state index contributed by atoms with van der Waals surface area (Å²) in [5, 5.41) is 9.86. The smallest absolute Gasteiger partial charge is 0.379 e. The molecule has 0 spiro atoms. The van der Waals surface area contributed by atoms with Gasteiger partial charge in [0.1, 0.15) is 5.75 Å². The number of phenols is 1. The highest BCUT2D eigenvalue weighted by molar-refractivity contribution is 7.98. The van der Waals surface area contributed by atoms with Crippen LogP contribution in [0.1, 0.15) is 22.8 Å². The van der Waals surface area contributed by atoms with E-state index in [4.69, 9.17) is 0 Å². The van der Waals surface area contributed by atoms with Gasteiger partial charge in [0.25, 0.3) is 5.78 Å². The van der Waals surface area contributed by atoms with Crippen LogP contribution in [0.25, 0.3) is 0 Å².